The van der Waals surface area contributed by atoms with Crippen LogP contribution in [0.3, 0.4) is 0 Å². The number of carboxylic acids is 1. The molecule has 0 unspecified atom stereocenters. The molecule has 90 valence electrons. The molecule has 0 atom stereocenters. The molecule has 0 bridgehead atoms. The Bertz CT molecular complexity index is 440. The number of ether oxygens (including phenoxy) is 1. The van der Waals surface area contributed by atoms with Crippen molar-refractivity contribution in [3.8, 4) is 5.75 Å². The van der Waals surface area contributed by atoms with E-state index < -0.39 is 11.7 Å². The lowest BCUT2D eigenvalue weighted by atomic mass is 10.1. The maximum Gasteiger partial charge on any atom is 0.358 e. The molecular weight excluding hydrogens is 222 g/mol. The Morgan fingerprint density at radius 3 is 2.76 bits per heavy atom. The zero-order chi connectivity index (χ0) is 12.7. The Labute approximate surface area is 98.6 Å². The second-order valence-electron chi connectivity index (χ2n) is 3.18. The van der Waals surface area contributed by atoms with Crippen molar-refractivity contribution in [3.05, 3.63) is 42.5 Å². The van der Waals surface area contributed by atoms with Gasteiger partial charge in [0, 0.05) is 0 Å². The fourth-order valence-electron chi connectivity index (χ4n) is 1.25. The van der Waals surface area contributed by atoms with E-state index >= 15 is 0 Å². The topological polar surface area (TPSA) is 79.1 Å². The average molecular weight is 235 g/mol. The largest absolute Gasteiger partial charge is 0.493 e. The number of nitrogens with zero attached hydrogens (tertiary/aromatic N) is 1. The fourth-order valence-corrected chi connectivity index (χ4v) is 1.25. The summed E-state index contributed by atoms with van der Waals surface area (Å²) in [5, 5.41) is 20.3. The number of aliphatic carboxylic acids is 1. The number of para-hydroxylation sites is 1. The van der Waals surface area contributed by atoms with Crippen LogP contribution in [0.25, 0.3) is 0 Å². The van der Waals surface area contributed by atoms with Gasteiger partial charge in [0.05, 0.1) is 12.2 Å². The van der Waals surface area contributed by atoms with Crippen molar-refractivity contribution in [3.63, 3.8) is 0 Å². The van der Waals surface area contributed by atoms with Gasteiger partial charge in [-0.15, -0.1) is 6.58 Å². The highest BCUT2D eigenvalue weighted by Crippen LogP contribution is 2.19. The molecule has 0 radical (unpaired) electrons. The summed E-state index contributed by atoms with van der Waals surface area (Å²) in [7, 11) is 0. The second kappa shape index (κ2) is 6.32. The Kier molecular flexibility index (Phi) is 4.75. The van der Waals surface area contributed by atoms with Crippen molar-refractivity contribution in [1.29, 1.82) is 0 Å². The molecule has 5 nitrogen and oxygen atoms in total. The number of hydrogen-bond donors (Lipinski definition) is 2. The van der Waals surface area contributed by atoms with Crippen molar-refractivity contribution in [2.75, 3.05) is 6.61 Å². The van der Waals surface area contributed by atoms with E-state index in [1.54, 1.807) is 24.3 Å². The van der Waals surface area contributed by atoms with Crippen molar-refractivity contribution < 1.29 is 19.8 Å². The zero-order valence-corrected chi connectivity index (χ0v) is 9.17. The van der Waals surface area contributed by atoms with E-state index in [9.17, 15) is 4.79 Å². The van der Waals surface area contributed by atoms with E-state index in [0.717, 1.165) is 0 Å². The van der Waals surface area contributed by atoms with Crippen molar-refractivity contribution >= 4 is 11.7 Å². The van der Waals surface area contributed by atoms with Crippen LogP contribution in [0.2, 0.25) is 0 Å². The van der Waals surface area contributed by atoms with Crippen LogP contribution in [-0.4, -0.2) is 28.6 Å². The minimum absolute atomic E-state index is 0.242. The monoisotopic (exact) mass is 235 g/mol. The summed E-state index contributed by atoms with van der Waals surface area (Å²) >= 11 is 0. The van der Waals surface area contributed by atoms with Crippen LogP contribution in [0.4, 0.5) is 0 Å². The highest BCUT2D eigenvalue weighted by Gasteiger charge is 2.17. The first-order chi connectivity index (χ1) is 8.20. The molecule has 1 aromatic rings. The van der Waals surface area contributed by atoms with Gasteiger partial charge in [-0.3, -0.25) is 0 Å². The molecule has 2 N–H and O–H groups in total. The summed E-state index contributed by atoms with van der Waals surface area (Å²) < 4.78 is 5.38. The molecule has 0 amide bonds. The van der Waals surface area contributed by atoms with Gasteiger partial charge in [0.15, 0.2) is 5.71 Å². The predicted octanol–water partition coefficient (Wildman–Crippen LogP) is 1.90. The van der Waals surface area contributed by atoms with Crippen LogP contribution in [-0.2, 0) is 4.79 Å². The van der Waals surface area contributed by atoms with E-state index in [2.05, 4.69) is 11.7 Å². The molecule has 0 saturated heterocycles. The van der Waals surface area contributed by atoms with Gasteiger partial charge in [0.25, 0.3) is 0 Å². The SMILES string of the molecule is C=CCCOc1ccccc1/C(=N/O)C(=O)O. The minimum atomic E-state index is -1.31. The maximum absolute atomic E-state index is 10.9. The number of rotatable bonds is 6. The Balaban J connectivity index is 2.98. The van der Waals surface area contributed by atoms with Crippen LogP contribution in [0.15, 0.2) is 42.1 Å². The third kappa shape index (κ3) is 3.34. The standard InChI is InChI=1S/C12H13NO4/c1-2-3-8-17-10-7-5-4-6-9(10)11(13-16)12(14)15/h2,4-7,16H,1,3,8H2,(H,14,15)/b13-11-. The smallest absolute Gasteiger partial charge is 0.358 e. The van der Waals surface area contributed by atoms with Crippen molar-refractivity contribution in [2.24, 2.45) is 5.16 Å². The lowest BCUT2D eigenvalue weighted by molar-refractivity contribution is -0.129. The molecule has 0 aliphatic carbocycles. The van der Waals surface area contributed by atoms with Gasteiger partial charge in [0.2, 0.25) is 0 Å². The third-order valence-electron chi connectivity index (χ3n) is 2.02. The summed E-state index contributed by atoms with van der Waals surface area (Å²) in [5.41, 5.74) is -0.203. The molecule has 0 spiro atoms. The molecule has 0 saturated carbocycles. The number of carboxylic acid groups (broad SMARTS) is 1. The number of benzene rings is 1. The minimum Gasteiger partial charge on any atom is -0.493 e. The molecule has 1 rings (SSSR count). The average Bonchev–Trinajstić information content (AvgIpc) is 2.32. The maximum atomic E-state index is 10.9. The summed E-state index contributed by atoms with van der Waals surface area (Å²) in [6, 6.07) is 6.49. The Morgan fingerprint density at radius 1 is 1.47 bits per heavy atom. The quantitative estimate of drug-likeness (QED) is 0.259. The normalized spacial score (nSPS) is 10.9. The van der Waals surface area contributed by atoms with Gasteiger partial charge in [-0.2, -0.15) is 0 Å². The van der Waals surface area contributed by atoms with Gasteiger partial charge >= 0.3 is 5.97 Å². The molecule has 0 aromatic heterocycles. The van der Waals surface area contributed by atoms with Crippen LogP contribution < -0.4 is 4.74 Å². The van der Waals surface area contributed by atoms with Crippen LogP contribution in [0, 0.1) is 0 Å². The van der Waals surface area contributed by atoms with Gasteiger partial charge < -0.3 is 15.1 Å². The van der Waals surface area contributed by atoms with Gasteiger partial charge in [-0.05, 0) is 18.6 Å². The molecule has 0 aliphatic rings. The highest BCUT2D eigenvalue weighted by molar-refractivity contribution is 6.43. The molecule has 0 fully saturated rings. The summed E-state index contributed by atoms with van der Waals surface area (Å²) in [4.78, 5) is 10.9. The van der Waals surface area contributed by atoms with Crippen LogP contribution in [0.5, 0.6) is 5.75 Å². The molecule has 17 heavy (non-hydrogen) atoms. The predicted molar refractivity (Wildman–Crippen MR) is 62.7 cm³/mol. The second-order valence-corrected chi connectivity index (χ2v) is 3.18. The number of carbonyl (C=O) groups is 1. The van der Waals surface area contributed by atoms with E-state index in [4.69, 9.17) is 15.1 Å². The Hall–Kier alpha value is -2.30. The van der Waals surface area contributed by atoms with E-state index in [1.165, 1.54) is 6.07 Å². The highest BCUT2D eigenvalue weighted by atomic mass is 16.5. The number of hydrogen-bond acceptors (Lipinski definition) is 4. The van der Waals surface area contributed by atoms with Crippen LogP contribution >= 0.6 is 0 Å². The van der Waals surface area contributed by atoms with E-state index in [-0.39, 0.29) is 5.56 Å². The van der Waals surface area contributed by atoms with Gasteiger partial charge in [-0.1, -0.05) is 23.4 Å². The molecule has 1 aromatic carbocycles. The molecule has 0 heterocycles. The summed E-state index contributed by atoms with van der Waals surface area (Å²) in [6.45, 7) is 3.94. The first kappa shape index (κ1) is 12.8. The zero-order valence-electron chi connectivity index (χ0n) is 9.17. The Morgan fingerprint density at radius 2 is 2.18 bits per heavy atom. The van der Waals surface area contributed by atoms with E-state index in [0.29, 0.717) is 18.8 Å². The fraction of sp³-hybridized carbons (Fsp3) is 0.167. The summed E-state index contributed by atoms with van der Waals surface area (Å²) in [6.07, 6.45) is 2.34. The van der Waals surface area contributed by atoms with Gasteiger partial charge in [-0.25, -0.2) is 4.79 Å². The van der Waals surface area contributed by atoms with Gasteiger partial charge in [0.1, 0.15) is 5.75 Å². The lowest BCUT2D eigenvalue weighted by Crippen LogP contribution is -2.16. The van der Waals surface area contributed by atoms with E-state index in [1.807, 2.05) is 0 Å². The molecule has 0 aliphatic heterocycles. The molecule has 5 heteroatoms. The van der Waals surface area contributed by atoms with Crippen molar-refractivity contribution in [2.45, 2.75) is 6.42 Å². The van der Waals surface area contributed by atoms with Crippen LogP contribution in [0.1, 0.15) is 12.0 Å². The first-order valence-electron chi connectivity index (χ1n) is 4.99. The van der Waals surface area contributed by atoms with Crippen molar-refractivity contribution in [1.82, 2.24) is 0 Å². The third-order valence-corrected chi connectivity index (χ3v) is 2.02. The summed E-state index contributed by atoms with van der Waals surface area (Å²) in [5.74, 6) is -0.947. The number of oxime groups is 1. The first-order valence-corrected chi connectivity index (χ1v) is 4.99. The molecular formula is C12H13NO4. The lowest BCUT2D eigenvalue weighted by Gasteiger charge is -2.09.